The van der Waals surface area contributed by atoms with E-state index in [4.69, 9.17) is 17.3 Å². The summed E-state index contributed by atoms with van der Waals surface area (Å²) in [6.07, 6.45) is 3.53. The Balaban J connectivity index is 2.29. The van der Waals surface area contributed by atoms with Gasteiger partial charge in [0, 0.05) is 12.3 Å². The molecule has 1 amide bonds. The maximum Gasteiger partial charge on any atom is 0.231 e. The third kappa shape index (κ3) is 3.22. The van der Waals surface area contributed by atoms with E-state index in [9.17, 15) is 13.2 Å². The molecule has 7 heteroatoms. The lowest BCUT2D eigenvalue weighted by Crippen LogP contribution is -2.44. The summed E-state index contributed by atoms with van der Waals surface area (Å²) in [5.74, 6) is -0.222. The van der Waals surface area contributed by atoms with Gasteiger partial charge in [0.05, 0.1) is 21.0 Å². The van der Waals surface area contributed by atoms with Crippen molar-refractivity contribution in [3.05, 3.63) is 23.2 Å². The second-order valence-corrected chi connectivity index (χ2v) is 8.21. The normalized spacial score (nSPS) is 25.8. The fourth-order valence-electron chi connectivity index (χ4n) is 2.57. The Morgan fingerprint density at radius 2 is 2.14 bits per heavy atom. The highest BCUT2D eigenvalue weighted by Crippen LogP contribution is 2.38. The minimum absolute atomic E-state index is 0.114. The number of amides is 1. The molecule has 0 heterocycles. The molecule has 2 atom stereocenters. The van der Waals surface area contributed by atoms with Crippen LogP contribution in [0.1, 0.15) is 26.2 Å². The highest BCUT2D eigenvalue weighted by Gasteiger charge is 2.43. The smallest absolute Gasteiger partial charge is 0.231 e. The number of hydrogen-bond donors (Lipinski definition) is 2. The molecule has 2 unspecified atom stereocenters. The topological polar surface area (TPSA) is 89.3 Å². The fraction of sp³-hybridized carbons (Fsp3) is 0.500. The molecule has 2 rings (SSSR count). The van der Waals surface area contributed by atoms with Gasteiger partial charge in [-0.25, -0.2) is 8.42 Å². The van der Waals surface area contributed by atoms with Gasteiger partial charge in [0.25, 0.3) is 0 Å². The van der Waals surface area contributed by atoms with E-state index in [1.165, 1.54) is 18.2 Å². The third-order valence-electron chi connectivity index (χ3n) is 4.16. The molecule has 0 bridgehead atoms. The van der Waals surface area contributed by atoms with Crippen molar-refractivity contribution in [3.8, 4) is 0 Å². The molecule has 0 radical (unpaired) electrons. The molecule has 1 fully saturated rings. The molecule has 1 aliphatic carbocycles. The zero-order valence-electron chi connectivity index (χ0n) is 12.0. The molecule has 0 spiro atoms. The molecule has 21 heavy (non-hydrogen) atoms. The summed E-state index contributed by atoms with van der Waals surface area (Å²) in [6, 6.07) is 4.05. The average Bonchev–Trinajstić information content (AvgIpc) is 2.72. The first-order chi connectivity index (χ1) is 9.64. The van der Waals surface area contributed by atoms with Crippen LogP contribution >= 0.6 is 11.6 Å². The van der Waals surface area contributed by atoms with Crippen molar-refractivity contribution in [3.63, 3.8) is 0 Å². The van der Waals surface area contributed by atoms with Gasteiger partial charge in [-0.05, 0) is 38.0 Å². The zero-order chi connectivity index (χ0) is 15.8. The van der Waals surface area contributed by atoms with Crippen molar-refractivity contribution in [1.29, 1.82) is 0 Å². The van der Waals surface area contributed by atoms with Gasteiger partial charge in [0.2, 0.25) is 5.91 Å². The van der Waals surface area contributed by atoms with Crippen molar-refractivity contribution >= 4 is 33.0 Å². The van der Waals surface area contributed by atoms with Crippen molar-refractivity contribution < 1.29 is 13.2 Å². The monoisotopic (exact) mass is 330 g/mol. The van der Waals surface area contributed by atoms with Crippen molar-refractivity contribution in [2.45, 2.75) is 37.1 Å². The standard InChI is InChI=1S/C14H19ClN2O3S/c1-14(7-3-4-12(14)16)13(18)17-11-8-9(21(2,19)20)5-6-10(11)15/h5-6,8,12H,3-4,7,16H2,1-2H3,(H,17,18). The van der Waals surface area contributed by atoms with Crippen LogP contribution < -0.4 is 11.1 Å². The largest absolute Gasteiger partial charge is 0.327 e. The summed E-state index contributed by atoms with van der Waals surface area (Å²) >= 11 is 6.04. The minimum Gasteiger partial charge on any atom is -0.327 e. The first-order valence-electron chi connectivity index (χ1n) is 6.71. The van der Waals surface area contributed by atoms with Crippen LogP contribution in [0.2, 0.25) is 5.02 Å². The third-order valence-corrected chi connectivity index (χ3v) is 5.60. The average molecular weight is 331 g/mol. The first kappa shape index (κ1) is 16.3. The van der Waals surface area contributed by atoms with E-state index >= 15 is 0 Å². The number of rotatable bonds is 3. The van der Waals surface area contributed by atoms with Crippen molar-refractivity contribution in [2.75, 3.05) is 11.6 Å². The van der Waals surface area contributed by atoms with E-state index in [1.807, 2.05) is 6.92 Å². The van der Waals surface area contributed by atoms with Crippen LogP contribution in [0.25, 0.3) is 0 Å². The van der Waals surface area contributed by atoms with Gasteiger partial charge in [0.15, 0.2) is 9.84 Å². The zero-order valence-corrected chi connectivity index (χ0v) is 13.6. The van der Waals surface area contributed by atoms with Gasteiger partial charge in [0.1, 0.15) is 0 Å². The quantitative estimate of drug-likeness (QED) is 0.889. The Labute approximate surface area is 129 Å². The highest BCUT2D eigenvalue weighted by molar-refractivity contribution is 7.90. The van der Waals surface area contributed by atoms with Crippen LogP contribution in [-0.2, 0) is 14.6 Å². The van der Waals surface area contributed by atoms with Crippen LogP contribution in [-0.4, -0.2) is 26.6 Å². The van der Waals surface area contributed by atoms with Crippen LogP contribution in [0.4, 0.5) is 5.69 Å². The van der Waals surface area contributed by atoms with Crippen LogP contribution in [0, 0.1) is 5.41 Å². The first-order valence-corrected chi connectivity index (χ1v) is 8.98. The lowest BCUT2D eigenvalue weighted by Gasteiger charge is -2.27. The lowest BCUT2D eigenvalue weighted by atomic mass is 9.84. The van der Waals surface area contributed by atoms with Gasteiger partial charge < -0.3 is 11.1 Å². The van der Waals surface area contributed by atoms with E-state index in [0.29, 0.717) is 17.1 Å². The van der Waals surface area contributed by atoms with Gasteiger partial charge >= 0.3 is 0 Å². The summed E-state index contributed by atoms with van der Waals surface area (Å²) in [4.78, 5) is 12.6. The SMILES string of the molecule is CC1(C(=O)Nc2cc(S(C)(=O)=O)ccc2Cl)CCCC1N. The van der Waals surface area contributed by atoms with E-state index in [0.717, 1.165) is 19.1 Å². The molecule has 0 aliphatic heterocycles. The van der Waals surface area contributed by atoms with Crippen LogP contribution in [0.15, 0.2) is 23.1 Å². The number of carbonyl (C=O) groups is 1. The summed E-state index contributed by atoms with van der Waals surface area (Å²) in [5, 5.41) is 3.02. The molecule has 1 saturated carbocycles. The molecular weight excluding hydrogens is 312 g/mol. The van der Waals surface area contributed by atoms with Crippen molar-refractivity contribution in [1.82, 2.24) is 0 Å². The predicted molar refractivity (Wildman–Crippen MR) is 83.1 cm³/mol. The summed E-state index contributed by atoms with van der Waals surface area (Å²) in [6.45, 7) is 1.83. The van der Waals surface area contributed by atoms with Crippen LogP contribution in [0.3, 0.4) is 0 Å². The van der Waals surface area contributed by atoms with Crippen molar-refractivity contribution in [2.24, 2.45) is 11.1 Å². The molecule has 1 aliphatic rings. The Bertz CT molecular complexity index is 675. The molecule has 0 aromatic heterocycles. The Hall–Kier alpha value is -1.11. The maximum absolute atomic E-state index is 12.5. The number of sulfone groups is 1. The summed E-state index contributed by atoms with van der Waals surface area (Å²) in [5.41, 5.74) is 5.66. The molecule has 5 nitrogen and oxygen atoms in total. The maximum atomic E-state index is 12.5. The molecule has 1 aromatic rings. The number of carbonyl (C=O) groups excluding carboxylic acids is 1. The molecule has 0 saturated heterocycles. The van der Waals surface area contributed by atoms with Gasteiger partial charge in [-0.15, -0.1) is 0 Å². The number of nitrogens with one attached hydrogen (secondary N) is 1. The molecule has 116 valence electrons. The second kappa shape index (κ2) is 5.59. The summed E-state index contributed by atoms with van der Waals surface area (Å²) < 4.78 is 23.2. The number of benzene rings is 1. The molecular formula is C14H19ClN2O3S. The number of nitrogens with two attached hydrogens (primary N) is 1. The van der Waals surface area contributed by atoms with Gasteiger partial charge in [-0.3, -0.25) is 4.79 Å². The Morgan fingerprint density at radius 3 is 2.67 bits per heavy atom. The Morgan fingerprint density at radius 1 is 1.48 bits per heavy atom. The highest BCUT2D eigenvalue weighted by atomic mass is 35.5. The lowest BCUT2D eigenvalue weighted by molar-refractivity contribution is -0.125. The predicted octanol–water partition coefficient (Wildman–Crippen LogP) is 2.20. The fourth-order valence-corrected chi connectivity index (χ4v) is 3.38. The number of halogens is 1. The molecule has 3 N–H and O–H groups in total. The minimum atomic E-state index is -3.36. The Kier molecular flexibility index (Phi) is 4.33. The van der Waals surface area contributed by atoms with Crippen LogP contribution in [0.5, 0.6) is 0 Å². The van der Waals surface area contributed by atoms with Gasteiger partial charge in [-0.2, -0.15) is 0 Å². The summed E-state index contributed by atoms with van der Waals surface area (Å²) in [7, 11) is -3.36. The number of hydrogen-bond acceptors (Lipinski definition) is 4. The van der Waals surface area contributed by atoms with E-state index < -0.39 is 15.3 Å². The second-order valence-electron chi connectivity index (χ2n) is 5.78. The number of anilines is 1. The molecule has 1 aromatic carbocycles. The van der Waals surface area contributed by atoms with E-state index in [-0.39, 0.29) is 16.8 Å². The van der Waals surface area contributed by atoms with Gasteiger partial charge in [-0.1, -0.05) is 18.0 Å². The van der Waals surface area contributed by atoms with E-state index in [2.05, 4.69) is 5.32 Å². The van der Waals surface area contributed by atoms with E-state index in [1.54, 1.807) is 0 Å².